The highest BCUT2D eigenvalue weighted by Gasteiger charge is 2.03. The highest BCUT2D eigenvalue weighted by molar-refractivity contribution is 7.09. The van der Waals surface area contributed by atoms with E-state index in [0.29, 0.717) is 0 Å². The predicted molar refractivity (Wildman–Crippen MR) is 51.7 cm³/mol. The number of aromatic nitrogens is 1. The van der Waals surface area contributed by atoms with Crippen LogP contribution in [0.4, 0.5) is 0 Å². The fourth-order valence-corrected chi connectivity index (χ4v) is 1.95. The summed E-state index contributed by atoms with van der Waals surface area (Å²) in [4.78, 5) is 2.10. The van der Waals surface area contributed by atoms with Gasteiger partial charge in [-0.15, -0.1) is 17.9 Å². The molecule has 2 N–H and O–H groups in total. The Hall–Kier alpha value is -1.03. The minimum atomic E-state index is 0.770. The van der Waals surface area contributed by atoms with Crippen molar-refractivity contribution in [3.8, 4) is 0 Å². The summed E-state index contributed by atoms with van der Waals surface area (Å²) >= 11 is 1.60. The lowest BCUT2D eigenvalue weighted by Gasteiger charge is -2.00. The van der Waals surface area contributed by atoms with E-state index in [1.165, 1.54) is 10.6 Å². The van der Waals surface area contributed by atoms with Crippen molar-refractivity contribution in [3.05, 3.63) is 28.0 Å². The van der Waals surface area contributed by atoms with Crippen molar-refractivity contribution in [3.63, 3.8) is 0 Å². The average Bonchev–Trinajstić information content (AvgIpc) is 2.33. The van der Waals surface area contributed by atoms with Crippen LogP contribution in [0.1, 0.15) is 10.6 Å². The zero-order chi connectivity index (χ0) is 9.14. The third kappa shape index (κ3) is 1.43. The standard InChI is InChI=1S/C8H13N3S/c1-4-5-11-6(2)7(3)12-8(11)10-9/h4H,1,5,9H2,2-3H3/b10-8+. The molecule has 0 saturated heterocycles. The quantitative estimate of drug-likeness (QED) is 0.417. The van der Waals surface area contributed by atoms with Crippen LogP contribution in [-0.2, 0) is 6.54 Å². The van der Waals surface area contributed by atoms with Crippen LogP contribution >= 0.6 is 11.3 Å². The normalized spacial score (nSPS) is 12.0. The number of nitrogens with zero attached hydrogens (tertiary/aromatic N) is 2. The molecule has 0 amide bonds. The van der Waals surface area contributed by atoms with Crippen LogP contribution < -0.4 is 10.6 Å². The Labute approximate surface area is 75.8 Å². The molecule has 3 nitrogen and oxygen atoms in total. The van der Waals surface area contributed by atoms with Gasteiger partial charge >= 0.3 is 0 Å². The zero-order valence-electron chi connectivity index (χ0n) is 7.37. The van der Waals surface area contributed by atoms with Gasteiger partial charge in [0.2, 0.25) is 4.80 Å². The molecule has 0 saturated carbocycles. The van der Waals surface area contributed by atoms with Gasteiger partial charge in [0.25, 0.3) is 0 Å². The molecule has 0 aliphatic carbocycles. The second-order valence-electron chi connectivity index (χ2n) is 2.55. The minimum absolute atomic E-state index is 0.770. The van der Waals surface area contributed by atoms with Crippen LogP contribution in [0.15, 0.2) is 17.8 Å². The molecule has 0 aliphatic heterocycles. The van der Waals surface area contributed by atoms with Crippen LogP contribution in [-0.4, -0.2) is 4.57 Å². The van der Waals surface area contributed by atoms with E-state index >= 15 is 0 Å². The van der Waals surface area contributed by atoms with E-state index in [0.717, 1.165) is 11.3 Å². The monoisotopic (exact) mass is 183 g/mol. The summed E-state index contributed by atoms with van der Waals surface area (Å²) in [6, 6.07) is 0. The lowest BCUT2D eigenvalue weighted by atomic mass is 10.4. The number of hydrogen-bond acceptors (Lipinski definition) is 3. The largest absolute Gasteiger partial charge is 0.320 e. The first kappa shape index (κ1) is 9.06. The molecule has 0 aromatic carbocycles. The molecule has 0 radical (unpaired) electrons. The highest BCUT2D eigenvalue weighted by atomic mass is 32.1. The zero-order valence-corrected chi connectivity index (χ0v) is 8.19. The molecule has 1 rings (SSSR count). The van der Waals surface area contributed by atoms with Gasteiger partial charge < -0.3 is 10.4 Å². The van der Waals surface area contributed by atoms with Crippen LogP contribution in [0.2, 0.25) is 0 Å². The Morgan fingerprint density at radius 2 is 2.33 bits per heavy atom. The fourth-order valence-electron chi connectivity index (χ4n) is 1.04. The SMILES string of the molecule is C=CCn1c(C)c(C)s/c1=N/N. The van der Waals surface area contributed by atoms with E-state index in [2.05, 4.69) is 25.5 Å². The van der Waals surface area contributed by atoms with Gasteiger partial charge in [-0.3, -0.25) is 0 Å². The number of allylic oxidation sites excluding steroid dienone is 1. The average molecular weight is 183 g/mol. The van der Waals surface area contributed by atoms with Crippen molar-refractivity contribution >= 4 is 11.3 Å². The van der Waals surface area contributed by atoms with E-state index in [1.54, 1.807) is 11.3 Å². The molecule has 0 bridgehead atoms. The number of hydrogen-bond donors (Lipinski definition) is 1. The smallest absolute Gasteiger partial charge is 0.208 e. The van der Waals surface area contributed by atoms with Gasteiger partial charge in [-0.2, -0.15) is 5.10 Å². The van der Waals surface area contributed by atoms with Gasteiger partial charge in [-0.25, -0.2) is 0 Å². The third-order valence-electron chi connectivity index (χ3n) is 1.81. The summed E-state index contributed by atoms with van der Waals surface area (Å²) in [6.07, 6.45) is 1.84. The van der Waals surface area contributed by atoms with Crippen molar-refractivity contribution in [1.29, 1.82) is 0 Å². The Bertz CT molecular complexity index is 346. The van der Waals surface area contributed by atoms with Crippen molar-refractivity contribution in [2.24, 2.45) is 10.9 Å². The Balaban J connectivity index is 3.31. The Morgan fingerprint density at radius 1 is 1.67 bits per heavy atom. The lowest BCUT2D eigenvalue weighted by molar-refractivity contribution is 0.748. The minimum Gasteiger partial charge on any atom is -0.320 e. The van der Waals surface area contributed by atoms with Crippen LogP contribution in [0, 0.1) is 13.8 Å². The van der Waals surface area contributed by atoms with E-state index in [1.807, 2.05) is 10.6 Å². The van der Waals surface area contributed by atoms with Gasteiger partial charge in [-0.1, -0.05) is 6.08 Å². The molecule has 0 unspecified atom stereocenters. The lowest BCUT2D eigenvalue weighted by Crippen LogP contribution is -2.17. The highest BCUT2D eigenvalue weighted by Crippen LogP contribution is 2.08. The molecule has 0 fully saturated rings. The fraction of sp³-hybridized carbons (Fsp3) is 0.375. The van der Waals surface area contributed by atoms with Crippen LogP contribution in [0.5, 0.6) is 0 Å². The first-order valence-electron chi connectivity index (χ1n) is 3.72. The summed E-state index contributed by atoms with van der Waals surface area (Å²) in [5.41, 5.74) is 1.21. The van der Waals surface area contributed by atoms with Gasteiger partial charge in [0.1, 0.15) is 0 Å². The predicted octanol–water partition coefficient (Wildman–Crippen LogP) is 1.13. The summed E-state index contributed by atoms with van der Waals surface area (Å²) in [7, 11) is 0. The van der Waals surface area contributed by atoms with E-state index in [4.69, 9.17) is 5.84 Å². The molecule has 0 spiro atoms. The van der Waals surface area contributed by atoms with Crippen LogP contribution in [0.25, 0.3) is 0 Å². The summed E-state index contributed by atoms with van der Waals surface area (Å²) in [5.74, 6) is 5.24. The maximum Gasteiger partial charge on any atom is 0.208 e. The maximum atomic E-state index is 5.24. The molecule has 0 aliphatic rings. The molecule has 1 aromatic heterocycles. The van der Waals surface area contributed by atoms with E-state index in [9.17, 15) is 0 Å². The molecular formula is C8H13N3S. The maximum absolute atomic E-state index is 5.24. The molecule has 4 heteroatoms. The van der Waals surface area contributed by atoms with Gasteiger partial charge in [-0.05, 0) is 13.8 Å². The first-order chi connectivity index (χ1) is 5.70. The van der Waals surface area contributed by atoms with Crippen molar-refractivity contribution in [2.75, 3.05) is 0 Å². The Morgan fingerprint density at radius 3 is 2.83 bits per heavy atom. The second kappa shape index (κ2) is 3.58. The van der Waals surface area contributed by atoms with E-state index < -0.39 is 0 Å². The van der Waals surface area contributed by atoms with Crippen molar-refractivity contribution in [2.45, 2.75) is 20.4 Å². The summed E-state index contributed by atoms with van der Waals surface area (Å²) in [5, 5.41) is 3.70. The summed E-state index contributed by atoms with van der Waals surface area (Å²) in [6.45, 7) is 8.58. The van der Waals surface area contributed by atoms with Gasteiger partial charge in [0.15, 0.2) is 0 Å². The van der Waals surface area contributed by atoms with Gasteiger partial charge in [0.05, 0.1) is 0 Å². The van der Waals surface area contributed by atoms with Gasteiger partial charge in [0, 0.05) is 17.1 Å². The van der Waals surface area contributed by atoms with Crippen molar-refractivity contribution < 1.29 is 0 Å². The first-order valence-corrected chi connectivity index (χ1v) is 4.54. The molecule has 66 valence electrons. The summed E-state index contributed by atoms with van der Waals surface area (Å²) < 4.78 is 2.05. The number of thiazole rings is 1. The topological polar surface area (TPSA) is 43.3 Å². The van der Waals surface area contributed by atoms with E-state index in [-0.39, 0.29) is 0 Å². The molecular weight excluding hydrogens is 170 g/mol. The molecule has 12 heavy (non-hydrogen) atoms. The molecule has 1 aromatic rings. The number of rotatable bonds is 2. The number of aryl methyl sites for hydroxylation is 1. The number of nitrogens with two attached hydrogens (primary N) is 1. The van der Waals surface area contributed by atoms with Crippen LogP contribution in [0.3, 0.4) is 0 Å². The molecule has 0 atom stereocenters. The second-order valence-corrected chi connectivity index (χ2v) is 3.74. The third-order valence-corrected chi connectivity index (χ3v) is 2.92. The molecule has 1 heterocycles. The Kier molecular flexibility index (Phi) is 2.70. The van der Waals surface area contributed by atoms with Crippen molar-refractivity contribution in [1.82, 2.24) is 4.57 Å².